The number of carboxylic acid groups (broad SMARTS) is 1. The fourth-order valence-electron chi connectivity index (χ4n) is 1.78. The Labute approximate surface area is 121 Å². The van der Waals surface area contributed by atoms with Crippen LogP contribution in [0.4, 0.5) is 0 Å². The van der Waals surface area contributed by atoms with Crippen LogP contribution in [0.1, 0.15) is 10.4 Å². The van der Waals surface area contributed by atoms with Crippen molar-refractivity contribution < 1.29 is 18.3 Å². The zero-order chi connectivity index (χ0) is 14.9. The maximum absolute atomic E-state index is 11.5. The van der Waals surface area contributed by atoms with Gasteiger partial charge in [0.1, 0.15) is 0 Å². The zero-order valence-corrected chi connectivity index (χ0v) is 12.1. The van der Waals surface area contributed by atoms with Gasteiger partial charge in [-0.3, -0.25) is 0 Å². The number of carboxylic acids is 1. The van der Waals surface area contributed by atoms with E-state index >= 15 is 0 Å². The SMILES string of the molecule is CS(=O)(=O)c1cccc(-c2ccc(Cl)c(C(=O)O)c2)c1. The first-order chi connectivity index (χ1) is 9.29. The van der Waals surface area contributed by atoms with E-state index in [1.54, 1.807) is 18.2 Å². The van der Waals surface area contributed by atoms with E-state index in [9.17, 15) is 13.2 Å². The van der Waals surface area contributed by atoms with Gasteiger partial charge in [0.25, 0.3) is 0 Å². The molecule has 0 fully saturated rings. The molecule has 0 spiro atoms. The summed E-state index contributed by atoms with van der Waals surface area (Å²) in [5.74, 6) is -1.13. The normalized spacial score (nSPS) is 11.3. The molecule has 104 valence electrons. The van der Waals surface area contributed by atoms with Gasteiger partial charge in [-0.1, -0.05) is 29.8 Å². The Hall–Kier alpha value is -1.85. The van der Waals surface area contributed by atoms with Crippen LogP contribution in [-0.2, 0) is 9.84 Å². The molecule has 2 aromatic rings. The summed E-state index contributed by atoms with van der Waals surface area (Å²) in [6.07, 6.45) is 1.12. The van der Waals surface area contributed by atoms with Crippen molar-refractivity contribution >= 4 is 27.4 Å². The molecule has 0 heterocycles. The minimum absolute atomic E-state index is 0.0195. The molecular formula is C14H11ClO4S. The minimum Gasteiger partial charge on any atom is -0.478 e. The summed E-state index contributed by atoms with van der Waals surface area (Å²) in [4.78, 5) is 11.2. The number of halogens is 1. The summed E-state index contributed by atoms with van der Waals surface area (Å²) in [7, 11) is -3.31. The standard InChI is InChI=1S/C14H11ClO4S/c1-20(18,19)11-4-2-3-9(7-11)10-5-6-13(15)12(8-10)14(16)17/h2-8H,1H3,(H,16,17). The topological polar surface area (TPSA) is 71.4 Å². The quantitative estimate of drug-likeness (QED) is 0.945. The number of hydrogen-bond acceptors (Lipinski definition) is 3. The van der Waals surface area contributed by atoms with Crippen LogP contribution in [0.5, 0.6) is 0 Å². The molecule has 20 heavy (non-hydrogen) atoms. The molecule has 0 unspecified atom stereocenters. The van der Waals surface area contributed by atoms with Crippen LogP contribution in [0, 0.1) is 0 Å². The lowest BCUT2D eigenvalue weighted by Gasteiger charge is -2.06. The predicted octanol–water partition coefficient (Wildman–Crippen LogP) is 3.11. The molecule has 0 bridgehead atoms. The van der Waals surface area contributed by atoms with Crippen LogP contribution < -0.4 is 0 Å². The second-order valence-corrected chi connectivity index (χ2v) is 6.72. The van der Waals surface area contributed by atoms with Crippen LogP contribution >= 0.6 is 11.6 Å². The van der Waals surface area contributed by atoms with Crippen LogP contribution in [0.25, 0.3) is 11.1 Å². The van der Waals surface area contributed by atoms with Gasteiger partial charge in [0.15, 0.2) is 9.84 Å². The highest BCUT2D eigenvalue weighted by atomic mass is 35.5. The molecule has 2 rings (SSSR count). The van der Waals surface area contributed by atoms with E-state index in [4.69, 9.17) is 16.7 Å². The first kappa shape index (κ1) is 14.6. The third-order valence-electron chi connectivity index (χ3n) is 2.79. The molecule has 0 aliphatic rings. The summed E-state index contributed by atoms with van der Waals surface area (Å²) in [6, 6.07) is 10.9. The lowest BCUT2D eigenvalue weighted by Crippen LogP contribution is -1.99. The molecule has 0 amide bonds. The van der Waals surface area contributed by atoms with E-state index in [0.29, 0.717) is 11.1 Å². The Balaban J connectivity index is 2.58. The van der Waals surface area contributed by atoms with Gasteiger partial charge < -0.3 is 5.11 Å². The van der Waals surface area contributed by atoms with E-state index in [2.05, 4.69) is 0 Å². The van der Waals surface area contributed by atoms with Crippen molar-refractivity contribution in [2.75, 3.05) is 6.26 Å². The maximum atomic E-state index is 11.5. The summed E-state index contributed by atoms with van der Waals surface area (Å²) in [5.41, 5.74) is 1.19. The largest absolute Gasteiger partial charge is 0.478 e. The number of rotatable bonds is 3. The van der Waals surface area contributed by atoms with Crippen molar-refractivity contribution in [3.8, 4) is 11.1 Å². The van der Waals surface area contributed by atoms with Gasteiger partial charge in [0.2, 0.25) is 0 Å². The molecule has 2 aromatic carbocycles. The average molecular weight is 311 g/mol. The maximum Gasteiger partial charge on any atom is 0.337 e. The fourth-order valence-corrected chi connectivity index (χ4v) is 2.64. The number of carbonyl (C=O) groups is 1. The molecule has 0 saturated heterocycles. The average Bonchev–Trinajstić information content (AvgIpc) is 2.38. The Morgan fingerprint density at radius 1 is 1.10 bits per heavy atom. The number of benzene rings is 2. The Bertz CT molecular complexity index is 782. The highest BCUT2D eigenvalue weighted by Gasteiger charge is 2.12. The molecule has 4 nitrogen and oxygen atoms in total. The monoisotopic (exact) mass is 310 g/mol. The highest BCUT2D eigenvalue weighted by Crippen LogP contribution is 2.27. The van der Waals surface area contributed by atoms with Gasteiger partial charge in [-0.05, 0) is 35.4 Å². The Morgan fingerprint density at radius 2 is 1.75 bits per heavy atom. The van der Waals surface area contributed by atoms with Gasteiger partial charge in [0, 0.05) is 6.26 Å². The summed E-state index contributed by atoms with van der Waals surface area (Å²) < 4.78 is 23.1. The summed E-state index contributed by atoms with van der Waals surface area (Å²) in [6.45, 7) is 0. The smallest absolute Gasteiger partial charge is 0.337 e. The number of hydrogen-bond donors (Lipinski definition) is 1. The van der Waals surface area contributed by atoms with Crippen molar-refractivity contribution in [2.24, 2.45) is 0 Å². The molecule has 0 radical (unpaired) electrons. The van der Waals surface area contributed by atoms with Gasteiger partial charge in [0.05, 0.1) is 15.5 Å². The van der Waals surface area contributed by atoms with Crippen LogP contribution in [0.15, 0.2) is 47.4 Å². The van der Waals surface area contributed by atoms with Crippen LogP contribution in [-0.4, -0.2) is 25.7 Å². The second kappa shape index (κ2) is 5.26. The van der Waals surface area contributed by atoms with E-state index < -0.39 is 15.8 Å². The fraction of sp³-hybridized carbons (Fsp3) is 0.0714. The van der Waals surface area contributed by atoms with Crippen LogP contribution in [0.3, 0.4) is 0 Å². The predicted molar refractivity (Wildman–Crippen MR) is 77.0 cm³/mol. The Kier molecular flexibility index (Phi) is 3.83. The first-order valence-corrected chi connectivity index (χ1v) is 7.89. The second-order valence-electron chi connectivity index (χ2n) is 4.30. The number of sulfone groups is 1. The van der Waals surface area contributed by atoms with Crippen molar-refractivity contribution in [3.63, 3.8) is 0 Å². The third-order valence-corrected chi connectivity index (χ3v) is 4.23. The Morgan fingerprint density at radius 3 is 2.35 bits per heavy atom. The lowest BCUT2D eigenvalue weighted by molar-refractivity contribution is 0.0697. The van der Waals surface area contributed by atoms with Gasteiger partial charge in [-0.2, -0.15) is 0 Å². The van der Waals surface area contributed by atoms with E-state index in [1.807, 2.05) is 0 Å². The third kappa shape index (κ3) is 3.00. The first-order valence-electron chi connectivity index (χ1n) is 5.62. The summed E-state index contributed by atoms with van der Waals surface area (Å²) in [5, 5.41) is 9.18. The molecule has 6 heteroatoms. The van der Waals surface area contributed by atoms with E-state index in [0.717, 1.165) is 6.26 Å². The van der Waals surface area contributed by atoms with Crippen molar-refractivity contribution in [1.29, 1.82) is 0 Å². The van der Waals surface area contributed by atoms with Gasteiger partial charge in [-0.15, -0.1) is 0 Å². The van der Waals surface area contributed by atoms with Crippen molar-refractivity contribution in [2.45, 2.75) is 4.90 Å². The molecule has 0 aliphatic heterocycles. The molecule has 0 aromatic heterocycles. The number of aromatic carboxylic acids is 1. The zero-order valence-electron chi connectivity index (χ0n) is 10.5. The van der Waals surface area contributed by atoms with E-state index in [-0.39, 0.29) is 15.5 Å². The lowest BCUT2D eigenvalue weighted by atomic mass is 10.0. The summed E-state index contributed by atoms with van der Waals surface area (Å²) >= 11 is 5.81. The molecule has 0 saturated carbocycles. The van der Waals surface area contributed by atoms with Crippen molar-refractivity contribution in [3.05, 3.63) is 53.1 Å². The molecule has 0 aliphatic carbocycles. The van der Waals surface area contributed by atoms with Crippen LogP contribution in [0.2, 0.25) is 5.02 Å². The molecular weight excluding hydrogens is 300 g/mol. The van der Waals surface area contributed by atoms with Gasteiger partial charge in [-0.25, -0.2) is 13.2 Å². The molecule has 1 N–H and O–H groups in total. The van der Waals surface area contributed by atoms with E-state index in [1.165, 1.54) is 24.3 Å². The molecule has 0 atom stereocenters. The van der Waals surface area contributed by atoms with Gasteiger partial charge >= 0.3 is 5.97 Å². The minimum atomic E-state index is -3.31. The highest BCUT2D eigenvalue weighted by molar-refractivity contribution is 7.90. The van der Waals surface area contributed by atoms with Crippen molar-refractivity contribution in [1.82, 2.24) is 0 Å².